The highest BCUT2D eigenvalue weighted by molar-refractivity contribution is 5.89. The predicted molar refractivity (Wildman–Crippen MR) is 68.2 cm³/mol. The van der Waals surface area contributed by atoms with E-state index in [9.17, 15) is 9.59 Å². The average molecular weight is 263 g/mol. The second-order valence-corrected chi connectivity index (χ2v) is 4.75. The summed E-state index contributed by atoms with van der Waals surface area (Å²) in [4.78, 5) is 22.3. The molecule has 1 aliphatic carbocycles. The summed E-state index contributed by atoms with van der Waals surface area (Å²) >= 11 is 0. The van der Waals surface area contributed by atoms with E-state index in [0.29, 0.717) is 19.6 Å². The van der Waals surface area contributed by atoms with Crippen molar-refractivity contribution in [3.63, 3.8) is 0 Å². The normalized spacial score (nSPS) is 20.9. The molecule has 1 fully saturated rings. The molecule has 1 aromatic carbocycles. The molecule has 0 spiro atoms. The molecule has 1 saturated carbocycles. The van der Waals surface area contributed by atoms with Crippen LogP contribution in [0.15, 0.2) is 24.3 Å². The molecule has 2 atom stereocenters. The number of ether oxygens (including phenoxy) is 1. The molecule has 102 valence electrons. The van der Waals surface area contributed by atoms with Crippen LogP contribution in [-0.2, 0) is 27.5 Å². The second kappa shape index (κ2) is 5.84. The van der Waals surface area contributed by atoms with E-state index in [2.05, 4.69) is 5.32 Å². The fraction of sp³-hybridized carbons (Fsp3) is 0.429. The third-order valence-electron chi connectivity index (χ3n) is 3.25. The molecule has 2 rings (SSSR count). The van der Waals surface area contributed by atoms with Gasteiger partial charge in [-0.05, 0) is 17.5 Å². The molecule has 5 heteroatoms. The summed E-state index contributed by atoms with van der Waals surface area (Å²) in [5.74, 6) is -1.91. The van der Waals surface area contributed by atoms with Crippen LogP contribution in [0, 0.1) is 11.8 Å². The smallest absolute Gasteiger partial charge is 0.307 e. The number of carboxylic acid groups (broad SMARTS) is 1. The van der Waals surface area contributed by atoms with Gasteiger partial charge in [-0.1, -0.05) is 24.3 Å². The average Bonchev–Trinajstić information content (AvgIpc) is 3.18. The van der Waals surface area contributed by atoms with E-state index in [1.54, 1.807) is 7.11 Å². The van der Waals surface area contributed by atoms with Crippen molar-refractivity contribution in [2.45, 2.75) is 19.6 Å². The fourth-order valence-corrected chi connectivity index (χ4v) is 2.00. The molecule has 2 N–H and O–H groups in total. The van der Waals surface area contributed by atoms with E-state index in [0.717, 1.165) is 11.1 Å². The van der Waals surface area contributed by atoms with Gasteiger partial charge in [0.15, 0.2) is 0 Å². The number of nitrogens with one attached hydrogen (secondary N) is 1. The third kappa shape index (κ3) is 3.54. The molecule has 0 saturated heterocycles. The van der Waals surface area contributed by atoms with E-state index in [1.807, 2.05) is 24.3 Å². The summed E-state index contributed by atoms with van der Waals surface area (Å²) in [6, 6.07) is 7.75. The number of benzene rings is 1. The Balaban J connectivity index is 1.79. The van der Waals surface area contributed by atoms with Crippen LogP contribution in [0.2, 0.25) is 0 Å². The molecule has 19 heavy (non-hydrogen) atoms. The highest BCUT2D eigenvalue weighted by atomic mass is 16.5. The molecule has 0 radical (unpaired) electrons. The molecule has 0 heterocycles. The SMILES string of the molecule is COCc1ccc(CNC(=O)C2CC2C(=O)O)cc1. The van der Waals surface area contributed by atoms with Gasteiger partial charge in [-0.25, -0.2) is 0 Å². The van der Waals surface area contributed by atoms with Crippen LogP contribution >= 0.6 is 0 Å². The molecule has 1 amide bonds. The van der Waals surface area contributed by atoms with Crippen molar-refractivity contribution in [2.24, 2.45) is 11.8 Å². The van der Waals surface area contributed by atoms with Crippen LogP contribution < -0.4 is 5.32 Å². The Morgan fingerprint density at radius 2 is 1.89 bits per heavy atom. The summed E-state index contributed by atoms with van der Waals surface area (Å²) in [5, 5.41) is 11.5. The summed E-state index contributed by atoms with van der Waals surface area (Å²) in [7, 11) is 1.64. The monoisotopic (exact) mass is 263 g/mol. The number of hydrogen-bond donors (Lipinski definition) is 2. The standard InChI is InChI=1S/C14H17NO4/c1-19-8-10-4-2-9(3-5-10)7-15-13(16)11-6-12(11)14(17)18/h2-5,11-12H,6-8H2,1H3,(H,15,16)(H,17,18). The first-order valence-electron chi connectivity index (χ1n) is 6.19. The van der Waals surface area contributed by atoms with E-state index in [-0.39, 0.29) is 11.8 Å². The van der Waals surface area contributed by atoms with Crippen molar-refractivity contribution in [3.05, 3.63) is 35.4 Å². The van der Waals surface area contributed by atoms with Crippen molar-refractivity contribution < 1.29 is 19.4 Å². The molecular formula is C14H17NO4. The van der Waals surface area contributed by atoms with Gasteiger partial charge in [-0.2, -0.15) is 0 Å². The first-order valence-corrected chi connectivity index (χ1v) is 6.19. The summed E-state index contributed by atoms with van der Waals surface area (Å²) in [6.45, 7) is 0.990. The van der Waals surface area contributed by atoms with Crippen LogP contribution in [0.5, 0.6) is 0 Å². The van der Waals surface area contributed by atoms with Gasteiger partial charge in [-0.15, -0.1) is 0 Å². The lowest BCUT2D eigenvalue weighted by Crippen LogP contribution is -2.25. The second-order valence-electron chi connectivity index (χ2n) is 4.75. The number of carbonyl (C=O) groups is 2. The zero-order chi connectivity index (χ0) is 13.8. The highest BCUT2D eigenvalue weighted by Gasteiger charge is 2.48. The maximum absolute atomic E-state index is 11.7. The Morgan fingerprint density at radius 1 is 1.26 bits per heavy atom. The van der Waals surface area contributed by atoms with Crippen LogP contribution in [-0.4, -0.2) is 24.1 Å². The highest BCUT2D eigenvalue weighted by Crippen LogP contribution is 2.38. The number of hydrogen-bond acceptors (Lipinski definition) is 3. The lowest BCUT2D eigenvalue weighted by Gasteiger charge is -2.06. The molecular weight excluding hydrogens is 246 g/mol. The van der Waals surface area contributed by atoms with Gasteiger partial charge in [0.2, 0.25) is 5.91 Å². The van der Waals surface area contributed by atoms with Crippen LogP contribution in [0.1, 0.15) is 17.5 Å². The van der Waals surface area contributed by atoms with Gasteiger partial charge in [-0.3, -0.25) is 9.59 Å². The molecule has 1 aliphatic rings. The Kier molecular flexibility index (Phi) is 4.16. The van der Waals surface area contributed by atoms with Gasteiger partial charge in [0.1, 0.15) is 0 Å². The first-order chi connectivity index (χ1) is 9.11. The lowest BCUT2D eigenvalue weighted by atomic mass is 10.1. The Morgan fingerprint density at radius 3 is 2.42 bits per heavy atom. The quantitative estimate of drug-likeness (QED) is 0.807. The topological polar surface area (TPSA) is 75.6 Å². The molecule has 0 aromatic heterocycles. The molecule has 0 bridgehead atoms. The van der Waals surface area contributed by atoms with Gasteiger partial charge < -0.3 is 15.2 Å². The maximum atomic E-state index is 11.7. The molecule has 5 nitrogen and oxygen atoms in total. The van der Waals surface area contributed by atoms with Crippen LogP contribution in [0.3, 0.4) is 0 Å². The predicted octanol–water partition coefficient (Wildman–Crippen LogP) is 1.17. The van der Waals surface area contributed by atoms with Crippen molar-refractivity contribution in [3.8, 4) is 0 Å². The van der Waals surface area contributed by atoms with E-state index >= 15 is 0 Å². The summed E-state index contributed by atoms with van der Waals surface area (Å²) < 4.78 is 5.01. The van der Waals surface area contributed by atoms with E-state index in [1.165, 1.54) is 0 Å². The third-order valence-corrected chi connectivity index (χ3v) is 3.25. The number of carboxylic acids is 1. The maximum Gasteiger partial charge on any atom is 0.307 e. The number of rotatable bonds is 6. The lowest BCUT2D eigenvalue weighted by molar-refractivity contribution is -0.140. The summed E-state index contributed by atoms with van der Waals surface area (Å²) in [6.07, 6.45) is 0.452. The summed E-state index contributed by atoms with van der Waals surface area (Å²) in [5.41, 5.74) is 2.06. The molecule has 1 aromatic rings. The van der Waals surface area contributed by atoms with Crippen LogP contribution in [0.25, 0.3) is 0 Å². The van der Waals surface area contributed by atoms with Crippen LogP contribution in [0.4, 0.5) is 0 Å². The number of aliphatic carboxylic acids is 1. The van der Waals surface area contributed by atoms with Crippen molar-refractivity contribution in [1.29, 1.82) is 0 Å². The number of carbonyl (C=O) groups excluding carboxylic acids is 1. The van der Waals surface area contributed by atoms with Gasteiger partial charge >= 0.3 is 5.97 Å². The first kappa shape index (κ1) is 13.5. The van der Waals surface area contributed by atoms with Gasteiger partial charge in [0.05, 0.1) is 18.4 Å². The van der Waals surface area contributed by atoms with E-state index in [4.69, 9.17) is 9.84 Å². The zero-order valence-corrected chi connectivity index (χ0v) is 10.8. The number of methoxy groups -OCH3 is 1. The van der Waals surface area contributed by atoms with Gasteiger partial charge in [0, 0.05) is 13.7 Å². The Labute approximate surface area is 111 Å². The zero-order valence-electron chi connectivity index (χ0n) is 10.8. The largest absolute Gasteiger partial charge is 0.481 e. The Hall–Kier alpha value is -1.88. The minimum absolute atomic E-state index is 0.173. The van der Waals surface area contributed by atoms with Crippen molar-refractivity contribution in [2.75, 3.05) is 7.11 Å². The van der Waals surface area contributed by atoms with E-state index < -0.39 is 11.9 Å². The number of amides is 1. The minimum atomic E-state index is -0.885. The fourth-order valence-electron chi connectivity index (χ4n) is 2.00. The van der Waals surface area contributed by atoms with Crippen molar-refractivity contribution >= 4 is 11.9 Å². The molecule has 0 aliphatic heterocycles. The Bertz CT molecular complexity index is 469. The molecule has 2 unspecified atom stereocenters. The van der Waals surface area contributed by atoms with Gasteiger partial charge in [0.25, 0.3) is 0 Å². The minimum Gasteiger partial charge on any atom is -0.481 e. The van der Waals surface area contributed by atoms with Crippen molar-refractivity contribution in [1.82, 2.24) is 5.32 Å².